The van der Waals surface area contributed by atoms with Crippen molar-refractivity contribution in [2.45, 2.75) is 6.42 Å². The summed E-state index contributed by atoms with van der Waals surface area (Å²) in [5.74, 6) is -3.15. The number of carbonyl (C=O) groups is 3. The summed E-state index contributed by atoms with van der Waals surface area (Å²) in [5, 5.41) is 10.3. The molecule has 0 unspecified atom stereocenters. The number of benzene rings is 2. The number of carboxylic acids is 1. The Labute approximate surface area is 103 Å². The van der Waals surface area contributed by atoms with Crippen molar-refractivity contribution in [3.8, 4) is 0 Å². The molecule has 2 rings (SSSR count). The minimum Gasteiger partial charge on any atom is -0.475 e. The van der Waals surface area contributed by atoms with E-state index in [9.17, 15) is 14.4 Å². The Morgan fingerprint density at radius 2 is 1.61 bits per heavy atom. The predicted molar refractivity (Wildman–Crippen MR) is 65.5 cm³/mol. The fourth-order valence-corrected chi connectivity index (χ4v) is 1.69. The first-order valence-electron chi connectivity index (χ1n) is 5.36. The Bertz CT molecular complexity index is 643. The smallest absolute Gasteiger partial charge is 0.372 e. The van der Waals surface area contributed by atoms with E-state index in [0.29, 0.717) is 5.56 Å². The van der Waals surface area contributed by atoms with Crippen LogP contribution >= 0.6 is 0 Å². The molecular formula is C14H10O4. The first-order chi connectivity index (χ1) is 8.58. The molecule has 0 bridgehead atoms. The van der Waals surface area contributed by atoms with E-state index < -0.39 is 24.0 Å². The zero-order valence-electron chi connectivity index (χ0n) is 9.42. The van der Waals surface area contributed by atoms with Crippen LogP contribution in [0.4, 0.5) is 0 Å². The van der Waals surface area contributed by atoms with Gasteiger partial charge in [-0.2, -0.15) is 0 Å². The number of ketones is 2. The summed E-state index contributed by atoms with van der Waals surface area (Å²) < 4.78 is 0. The summed E-state index contributed by atoms with van der Waals surface area (Å²) in [7, 11) is 0. The molecule has 90 valence electrons. The maximum absolute atomic E-state index is 11.7. The number of rotatable bonds is 4. The van der Waals surface area contributed by atoms with E-state index in [1.54, 1.807) is 18.2 Å². The predicted octanol–water partition coefficient (Wildman–Crippen LogP) is 2.07. The normalized spacial score (nSPS) is 10.2. The third kappa shape index (κ3) is 2.43. The molecule has 2 aromatic rings. The van der Waals surface area contributed by atoms with Gasteiger partial charge >= 0.3 is 5.97 Å². The number of carbonyl (C=O) groups excluding carboxylic acids is 2. The molecule has 0 heterocycles. The lowest BCUT2D eigenvalue weighted by Gasteiger charge is -2.01. The Hall–Kier alpha value is -2.49. The summed E-state index contributed by atoms with van der Waals surface area (Å²) in [4.78, 5) is 33.1. The van der Waals surface area contributed by atoms with Crippen LogP contribution in [0.1, 0.15) is 16.8 Å². The molecule has 0 spiro atoms. The molecule has 0 amide bonds. The van der Waals surface area contributed by atoms with Gasteiger partial charge in [0, 0.05) is 5.56 Å². The maximum atomic E-state index is 11.7. The van der Waals surface area contributed by atoms with Crippen molar-refractivity contribution in [3.05, 3.63) is 48.0 Å². The SMILES string of the molecule is O=C(O)C(=O)CC(=O)c1ccc2ccccc2c1. The van der Waals surface area contributed by atoms with Crippen LogP contribution in [-0.2, 0) is 9.59 Å². The zero-order valence-corrected chi connectivity index (χ0v) is 9.42. The Morgan fingerprint density at radius 1 is 0.944 bits per heavy atom. The third-order valence-corrected chi connectivity index (χ3v) is 2.63. The number of hydrogen-bond donors (Lipinski definition) is 1. The lowest BCUT2D eigenvalue weighted by atomic mass is 10.0. The molecule has 18 heavy (non-hydrogen) atoms. The first-order valence-corrected chi connectivity index (χ1v) is 5.36. The topological polar surface area (TPSA) is 71.4 Å². The van der Waals surface area contributed by atoms with Crippen LogP contribution in [0, 0.1) is 0 Å². The van der Waals surface area contributed by atoms with Crippen LogP contribution in [0.5, 0.6) is 0 Å². The summed E-state index contributed by atoms with van der Waals surface area (Å²) in [6.07, 6.45) is -0.603. The van der Waals surface area contributed by atoms with Crippen LogP contribution in [0.15, 0.2) is 42.5 Å². The van der Waals surface area contributed by atoms with E-state index in [2.05, 4.69) is 0 Å². The summed E-state index contributed by atoms with van der Waals surface area (Å²) in [6, 6.07) is 12.5. The van der Waals surface area contributed by atoms with Crippen molar-refractivity contribution in [1.29, 1.82) is 0 Å². The zero-order chi connectivity index (χ0) is 13.1. The average molecular weight is 242 g/mol. The average Bonchev–Trinajstić information content (AvgIpc) is 2.37. The highest BCUT2D eigenvalue weighted by molar-refractivity contribution is 6.37. The molecule has 0 saturated carbocycles. The molecule has 4 heteroatoms. The number of Topliss-reactive ketones (excluding diaryl/α,β-unsaturated/α-hetero) is 2. The Morgan fingerprint density at radius 3 is 2.28 bits per heavy atom. The van der Waals surface area contributed by atoms with Gasteiger partial charge in [0.25, 0.3) is 0 Å². The van der Waals surface area contributed by atoms with Gasteiger partial charge < -0.3 is 5.11 Å². The van der Waals surface area contributed by atoms with Crippen molar-refractivity contribution in [2.75, 3.05) is 0 Å². The molecule has 2 aromatic carbocycles. The summed E-state index contributed by atoms with van der Waals surface area (Å²) >= 11 is 0. The van der Waals surface area contributed by atoms with Gasteiger partial charge in [-0.25, -0.2) is 4.79 Å². The monoisotopic (exact) mass is 242 g/mol. The van der Waals surface area contributed by atoms with E-state index in [-0.39, 0.29) is 0 Å². The molecule has 0 radical (unpaired) electrons. The van der Waals surface area contributed by atoms with Gasteiger partial charge in [-0.15, -0.1) is 0 Å². The molecule has 0 fully saturated rings. The van der Waals surface area contributed by atoms with Crippen molar-refractivity contribution >= 4 is 28.3 Å². The lowest BCUT2D eigenvalue weighted by molar-refractivity contribution is -0.148. The van der Waals surface area contributed by atoms with Gasteiger partial charge in [0.1, 0.15) is 0 Å². The minimum atomic E-state index is -1.58. The second-order valence-corrected chi connectivity index (χ2v) is 3.89. The Kier molecular flexibility index (Phi) is 3.19. The molecule has 0 aromatic heterocycles. The van der Waals surface area contributed by atoms with Crippen molar-refractivity contribution in [3.63, 3.8) is 0 Å². The highest BCUT2D eigenvalue weighted by atomic mass is 16.4. The molecule has 0 atom stereocenters. The van der Waals surface area contributed by atoms with Crippen molar-refractivity contribution in [2.24, 2.45) is 0 Å². The van der Waals surface area contributed by atoms with E-state index in [4.69, 9.17) is 5.11 Å². The van der Waals surface area contributed by atoms with Crippen LogP contribution in [0.2, 0.25) is 0 Å². The van der Waals surface area contributed by atoms with Crippen LogP contribution in [0.3, 0.4) is 0 Å². The van der Waals surface area contributed by atoms with Gasteiger partial charge in [0.15, 0.2) is 5.78 Å². The number of aliphatic carboxylic acids is 1. The van der Waals surface area contributed by atoms with E-state index in [1.165, 1.54) is 0 Å². The van der Waals surface area contributed by atoms with Gasteiger partial charge in [0.05, 0.1) is 6.42 Å². The second kappa shape index (κ2) is 4.79. The third-order valence-electron chi connectivity index (χ3n) is 2.63. The Balaban J connectivity index is 2.28. The van der Waals surface area contributed by atoms with E-state index >= 15 is 0 Å². The highest BCUT2D eigenvalue weighted by Crippen LogP contribution is 2.16. The molecule has 0 saturated heterocycles. The summed E-state index contributed by atoms with van der Waals surface area (Å²) in [5.41, 5.74) is 0.350. The first kappa shape index (κ1) is 12.0. The van der Waals surface area contributed by atoms with E-state index in [0.717, 1.165) is 10.8 Å². The molecule has 0 aliphatic heterocycles. The molecular weight excluding hydrogens is 232 g/mol. The van der Waals surface area contributed by atoms with Gasteiger partial charge in [-0.05, 0) is 16.8 Å². The molecule has 0 aliphatic rings. The van der Waals surface area contributed by atoms with Gasteiger partial charge in [-0.1, -0.05) is 36.4 Å². The van der Waals surface area contributed by atoms with Crippen LogP contribution < -0.4 is 0 Å². The van der Waals surface area contributed by atoms with Crippen LogP contribution in [0.25, 0.3) is 10.8 Å². The summed E-state index contributed by atoms with van der Waals surface area (Å²) in [6.45, 7) is 0. The second-order valence-electron chi connectivity index (χ2n) is 3.89. The van der Waals surface area contributed by atoms with Crippen molar-refractivity contribution in [1.82, 2.24) is 0 Å². The largest absolute Gasteiger partial charge is 0.475 e. The van der Waals surface area contributed by atoms with Crippen LogP contribution in [-0.4, -0.2) is 22.6 Å². The molecule has 0 aliphatic carbocycles. The number of carboxylic acid groups (broad SMARTS) is 1. The lowest BCUT2D eigenvalue weighted by Crippen LogP contribution is -2.17. The van der Waals surface area contributed by atoms with Crippen molar-refractivity contribution < 1.29 is 19.5 Å². The van der Waals surface area contributed by atoms with E-state index in [1.807, 2.05) is 24.3 Å². The van der Waals surface area contributed by atoms with Gasteiger partial charge in [-0.3, -0.25) is 9.59 Å². The van der Waals surface area contributed by atoms with Gasteiger partial charge in [0.2, 0.25) is 5.78 Å². The molecule has 1 N–H and O–H groups in total. The quantitative estimate of drug-likeness (QED) is 0.506. The number of hydrogen-bond acceptors (Lipinski definition) is 3. The minimum absolute atomic E-state index is 0.350. The fourth-order valence-electron chi connectivity index (χ4n) is 1.69. The fraction of sp³-hybridized carbons (Fsp3) is 0.0714. The standard InChI is InChI=1S/C14H10O4/c15-12(8-13(16)14(17)18)11-6-5-9-3-1-2-4-10(9)7-11/h1-7H,8H2,(H,17,18). The highest BCUT2D eigenvalue weighted by Gasteiger charge is 2.17. The number of fused-ring (bicyclic) bond motifs is 1. The molecule has 4 nitrogen and oxygen atoms in total. The maximum Gasteiger partial charge on any atom is 0.372 e.